The average Bonchev–Trinajstić information content (AvgIpc) is 2.69. The molecule has 1 heterocycles. The Morgan fingerprint density at radius 3 is 2.81 bits per heavy atom. The monoisotopic (exact) mass is 227 g/mol. The number of carboxylic acids is 1. The number of amides is 1. The molecule has 0 aliphatic rings. The molecule has 1 unspecified atom stereocenters. The number of aromatic amines is 1. The Bertz CT molecular complexity index is 350. The Morgan fingerprint density at radius 1 is 1.56 bits per heavy atom. The van der Waals surface area contributed by atoms with Crippen molar-refractivity contribution >= 4 is 11.9 Å². The first-order valence-electron chi connectivity index (χ1n) is 4.74. The molecule has 7 heteroatoms. The fourth-order valence-electron chi connectivity index (χ4n) is 1.19. The summed E-state index contributed by atoms with van der Waals surface area (Å²) >= 11 is 0. The second kappa shape index (κ2) is 5.86. The predicted molar refractivity (Wildman–Crippen MR) is 53.6 cm³/mol. The van der Waals surface area contributed by atoms with Gasteiger partial charge in [-0.15, -0.1) is 0 Å². The number of aliphatic carboxylic acids is 1. The maximum absolute atomic E-state index is 11.4. The van der Waals surface area contributed by atoms with Gasteiger partial charge in [0, 0.05) is 24.9 Å². The maximum Gasteiger partial charge on any atom is 0.326 e. The summed E-state index contributed by atoms with van der Waals surface area (Å²) in [6.07, 6.45) is 1.53. The number of aromatic nitrogens is 2. The summed E-state index contributed by atoms with van der Waals surface area (Å²) in [6, 6.07) is 0.571. The van der Waals surface area contributed by atoms with E-state index in [0.29, 0.717) is 5.69 Å². The van der Waals surface area contributed by atoms with E-state index in [1.54, 1.807) is 6.07 Å². The van der Waals surface area contributed by atoms with Gasteiger partial charge in [-0.3, -0.25) is 9.89 Å². The minimum atomic E-state index is -1.16. The van der Waals surface area contributed by atoms with Gasteiger partial charge in [0.05, 0.1) is 6.42 Å². The van der Waals surface area contributed by atoms with Crippen LogP contribution in [0, 0.1) is 0 Å². The highest BCUT2D eigenvalue weighted by molar-refractivity contribution is 5.84. The van der Waals surface area contributed by atoms with Gasteiger partial charge in [-0.05, 0) is 6.07 Å². The van der Waals surface area contributed by atoms with Crippen molar-refractivity contribution in [2.75, 3.05) is 6.61 Å². The second-order valence-electron chi connectivity index (χ2n) is 3.23. The molecular weight excluding hydrogens is 214 g/mol. The molecule has 1 atom stereocenters. The highest BCUT2D eigenvalue weighted by Gasteiger charge is 2.19. The number of hydrogen-bond donors (Lipinski definition) is 4. The number of aliphatic hydroxyl groups excluding tert-OH is 1. The van der Waals surface area contributed by atoms with Crippen LogP contribution in [0.4, 0.5) is 0 Å². The van der Waals surface area contributed by atoms with Crippen LogP contribution in [0.5, 0.6) is 0 Å². The first-order chi connectivity index (χ1) is 7.63. The Kier molecular flexibility index (Phi) is 4.46. The molecule has 16 heavy (non-hydrogen) atoms. The van der Waals surface area contributed by atoms with Crippen molar-refractivity contribution in [2.24, 2.45) is 0 Å². The number of hydrogen-bond acceptors (Lipinski definition) is 4. The summed E-state index contributed by atoms with van der Waals surface area (Å²) in [7, 11) is 0. The summed E-state index contributed by atoms with van der Waals surface area (Å²) < 4.78 is 0. The summed E-state index contributed by atoms with van der Waals surface area (Å²) in [5.41, 5.74) is 0.602. The number of rotatable bonds is 6. The second-order valence-corrected chi connectivity index (χ2v) is 3.23. The highest BCUT2D eigenvalue weighted by atomic mass is 16.4. The minimum absolute atomic E-state index is 0.00987. The number of H-pyrrole nitrogens is 1. The van der Waals surface area contributed by atoms with E-state index >= 15 is 0 Å². The summed E-state index contributed by atoms with van der Waals surface area (Å²) in [5, 5.41) is 25.9. The smallest absolute Gasteiger partial charge is 0.326 e. The largest absolute Gasteiger partial charge is 0.480 e. The van der Waals surface area contributed by atoms with E-state index < -0.39 is 17.9 Å². The van der Waals surface area contributed by atoms with E-state index in [-0.39, 0.29) is 19.4 Å². The van der Waals surface area contributed by atoms with E-state index in [1.807, 2.05) is 0 Å². The van der Waals surface area contributed by atoms with Gasteiger partial charge in [0.15, 0.2) is 0 Å². The number of aliphatic hydroxyl groups is 1. The van der Waals surface area contributed by atoms with Crippen molar-refractivity contribution in [3.05, 3.63) is 18.0 Å². The third-order valence-corrected chi connectivity index (χ3v) is 1.96. The molecule has 0 aliphatic heterocycles. The van der Waals surface area contributed by atoms with Gasteiger partial charge in [-0.2, -0.15) is 5.10 Å². The Balaban J connectivity index is 2.45. The number of nitrogens with zero attached hydrogens (tertiary/aromatic N) is 1. The standard InChI is InChI=1S/C9H13N3O4/c13-4-2-7(9(15)16)11-8(14)5-6-1-3-10-12-6/h1,3,7,13H,2,4-5H2,(H,10,12)(H,11,14)(H,15,16). The van der Waals surface area contributed by atoms with Crippen molar-refractivity contribution in [1.29, 1.82) is 0 Å². The number of carbonyl (C=O) groups excluding carboxylic acids is 1. The van der Waals surface area contributed by atoms with Gasteiger partial charge in [-0.25, -0.2) is 4.79 Å². The topological polar surface area (TPSA) is 115 Å². The summed E-state index contributed by atoms with van der Waals surface area (Å²) in [5.74, 6) is -1.59. The number of carbonyl (C=O) groups is 2. The van der Waals surface area contributed by atoms with Gasteiger partial charge in [0.1, 0.15) is 6.04 Å². The first-order valence-corrected chi connectivity index (χ1v) is 4.74. The van der Waals surface area contributed by atoms with Gasteiger partial charge in [0.2, 0.25) is 5.91 Å². The van der Waals surface area contributed by atoms with E-state index in [0.717, 1.165) is 0 Å². The Morgan fingerprint density at radius 2 is 2.31 bits per heavy atom. The Hall–Kier alpha value is -1.89. The molecule has 4 N–H and O–H groups in total. The van der Waals surface area contributed by atoms with Crippen LogP contribution in [0.15, 0.2) is 12.3 Å². The lowest BCUT2D eigenvalue weighted by Gasteiger charge is -2.12. The minimum Gasteiger partial charge on any atom is -0.480 e. The van der Waals surface area contributed by atoms with Crippen molar-refractivity contribution in [1.82, 2.24) is 15.5 Å². The van der Waals surface area contributed by atoms with Crippen molar-refractivity contribution < 1.29 is 19.8 Å². The predicted octanol–water partition coefficient (Wildman–Crippen LogP) is -1.10. The third-order valence-electron chi connectivity index (χ3n) is 1.96. The molecule has 0 aromatic carbocycles. The normalized spacial score (nSPS) is 12.1. The summed E-state index contributed by atoms with van der Waals surface area (Å²) in [6.45, 7) is -0.290. The zero-order chi connectivity index (χ0) is 12.0. The van der Waals surface area contributed by atoms with Crippen molar-refractivity contribution in [3.63, 3.8) is 0 Å². The number of carboxylic acid groups (broad SMARTS) is 1. The van der Waals surface area contributed by atoms with Crippen molar-refractivity contribution in [3.8, 4) is 0 Å². The van der Waals surface area contributed by atoms with Gasteiger partial charge >= 0.3 is 5.97 Å². The van der Waals surface area contributed by atoms with E-state index in [4.69, 9.17) is 10.2 Å². The average molecular weight is 227 g/mol. The molecule has 0 saturated carbocycles. The van der Waals surface area contributed by atoms with Gasteiger partial charge in [-0.1, -0.05) is 0 Å². The third kappa shape index (κ3) is 3.70. The Labute approximate surface area is 91.5 Å². The lowest BCUT2D eigenvalue weighted by molar-refractivity contribution is -0.142. The van der Waals surface area contributed by atoms with Crippen LogP contribution in [0.2, 0.25) is 0 Å². The maximum atomic E-state index is 11.4. The molecule has 1 aromatic heterocycles. The molecule has 88 valence electrons. The van der Waals surface area contributed by atoms with E-state index in [9.17, 15) is 9.59 Å². The molecule has 0 spiro atoms. The fourth-order valence-corrected chi connectivity index (χ4v) is 1.19. The molecule has 1 rings (SSSR count). The SMILES string of the molecule is O=C(Cc1ccn[nH]1)NC(CCO)C(=O)O. The molecule has 0 fully saturated rings. The van der Waals surface area contributed by atoms with E-state index in [2.05, 4.69) is 15.5 Å². The molecule has 1 amide bonds. The van der Waals surface area contributed by atoms with Crippen LogP contribution in [0.1, 0.15) is 12.1 Å². The lowest BCUT2D eigenvalue weighted by atomic mass is 10.2. The fraction of sp³-hybridized carbons (Fsp3) is 0.444. The zero-order valence-corrected chi connectivity index (χ0v) is 8.51. The van der Waals surface area contributed by atoms with Crippen LogP contribution >= 0.6 is 0 Å². The van der Waals surface area contributed by atoms with Crippen LogP contribution in [0.25, 0.3) is 0 Å². The van der Waals surface area contributed by atoms with Crippen LogP contribution in [-0.2, 0) is 16.0 Å². The van der Waals surface area contributed by atoms with Crippen LogP contribution < -0.4 is 5.32 Å². The molecular formula is C9H13N3O4. The summed E-state index contributed by atoms with van der Waals surface area (Å²) in [4.78, 5) is 22.1. The van der Waals surface area contributed by atoms with Gasteiger partial charge in [0.25, 0.3) is 0 Å². The molecule has 7 nitrogen and oxygen atoms in total. The van der Waals surface area contributed by atoms with Crippen LogP contribution in [0.3, 0.4) is 0 Å². The first kappa shape index (κ1) is 12.2. The molecule has 0 radical (unpaired) electrons. The quantitative estimate of drug-likeness (QED) is 0.492. The lowest BCUT2D eigenvalue weighted by Crippen LogP contribution is -2.42. The highest BCUT2D eigenvalue weighted by Crippen LogP contribution is 1.96. The molecule has 0 saturated heterocycles. The van der Waals surface area contributed by atoms with E-state index in [1.165, 1.54) is 6.20 Å². The number of nitrogens with one attached hydrogen (secondary N) is 2. The molecule has 0 bridgehead atoms. The van der Waals surface area contributed by atoms with Crippen LogP contribution in [-0.4, -0.2) is 44.9 Å². The molecule has 1 aromatic rings. The van der Waals surface area contributed by atoms with Gasteiger partial charge < -0.3 is 15.5 Å². The molecule has 0 aliphatic carbocycles. The van der Waals surface area contributed by atoms with Crippen molar-refractivity contribution in [2.45, 2.75) is 18.9 Å². The zero-order valence-electron chi connectivity index (χ0n) is 8.51.